The second-order valence-corrected chi connectivity index (χ2v) is 8.41. The molecule has 4 heteroatoms. The van der Waals surface area contributed by atoms with Gasteiger partial charge in [-0.05, 0) is 59.2 Å². The molecule has 21 heavy (non-hydrogen) atoms. The van der Waals surface area contributed by atoms with E-state index in [1.54, 1.807) is 0 Å². The molecule has 0 spiro atoms. The van der Waals surface area contributed by atoms with Gasteiger partial charge in [-0.15, -0.1) is 11.3 Å². The van der Waals surface area contributed by atoms with Crippen LogP contribution in [0.3, 0.4) is 0 Å². The number of rotatable bonds is 6. The molecule has 0 aromatic carbocycles. The van der Waals surface area contributed by atoms with E-state index in [2.05, 4.69) is 50.2 Å². The number of thiophene rings is 1. The van der Waals surface area contributed by atoms with Crippen molar-refractivity contribution in [2.24, 2.45) is 0 Å². The molecule has 2 rings (SSSR count). The summed E-state index contributed by atoms with van der Waals surface area (Å²) in [6, 6.07) is 4.52. The van der Waals surface area contributed by atoms with Crippen LogP contribution in [0.1, 0.15) is 49.8 Å². The van der Waals surface area contributed by atoms with Crippen LogP contribution in [-0.4, -0.2) is 36.7 Å². The second-order valence-electron chi connectivity index (χ2n) is 7.16. The van der Waals surface area contributed by atoms with Crippen molar-refractivity contribution in [3.05, 3.63) is 21.9 Å². The lowest BCUT2D eigenvalue weighted by atomic mass is 10.1. The zero-order valence-electron chi connectivity index (χ0n) is 13.9. The van der Waals surface area contributed by atoms with Crippen molar-refractivity contribution in [2.45, 2.75) is 64.8 Å². The predicted octanol–water partition coefficient (Wildman–Crippen LogP) is 3.64. The van der Waals surface area contributed by atoms with Crippen molar-refractivity contribution in [1.29, 1.82) is 0 Å². The first kappa shape index (κ1) is 16.9. The lowest BCUT2D eigenvalue weighted by molar-refractivity contribution is -0.00245. The molecule has 0 saturated carbocycles. The largest absolute Gasteiger partial charge is 0.377 e. The highest BCUT2D eigenvalue weighted by Crippen LogP contribution is 2.20. The van der Waals surface area contributed by atoms with Gasteiger partial charge in [0.05, 0.1) is 6.10 Å². The van der Waals surface area contributed by atoms with E-state index >= 15 is 0 Å². The first-order chi connectivity index (χ1) is 9.92. The quantitative estimate of drug-likeness (QED) is 0.868. The number of hydrogen-bond donors (Lipinski definition) is 1. The van der Waals surface area contributed by atoms with Gasteiger partial charge in [0.2, 0.25) is 0 Å². The fourth-order valence-electron chi connectivity index (χ4n) is 2.58. The molecule has 0 aliphatic carbocycles. The van der Waals surface area contributed by atoms with Crippen molar-refractivity contribution < 1.29 is 4.74 Å². The maximum atomic E-state index is 5.82. The second kappa shape index (κ2) is 7.73. The van der Waals surface area contributed by atoms with E-state index in [9.17, 15) is 0 Å². The van der Waals surface area contributed by atoms with E-state index < -0.39 is 0 Å². The zero-order chi connectivity index (χ0) is 15.3. The Morgan fingerprint density at radius 2 is 2.05 bits per heavy atom. The van der Waals surface area contributed by atoms with Crippen molar-refractivity contribution >= 4 is 11.3 Å². The zero-order valence-corrected chi connectivity index (χ0v) is 14.8. The molecular formula is C17H30N2OS. The summed E-state index contributed by atoms with van der Waals surface area (Å²) in [5.74, 6) is 0. The molecule has 0 bridgehead atoms. The number of ether oxygens (including phenoxy) is 1. The minimum atomic E-state index is 0.180. The van der Waals surface area contributed by atoms with E-state index in [0.717, 1.165) is 26.2 Å². The summed E-state index contributed by atoms with van der Waals surface area (Å²) in [6.07, 6.45) is 4.20. The van der Waals surface area contributed by atoms with Gasteiger partial charge in [-0.3, -0.25) is 4.90 Å². The topological polar surface area (TPSA) is 24.5 Å². The third-order valence-corrected chi connectivity index (χ3v) is 4.80. The van der Waals surface area contributed by atoms with E-state index in [1.165, 1.54) is 29.0 Å². The molecule has 1 unspecified atom stereocenters. The Hall–Kier alpha value is -0.420. The van der Waals surface area contributed by atoms with Crippen LogP contribution in [0.15, 0.2) is 12.1 Å². The third kappa shape index (κ3) is 6.47. The lowest BCUT2D eigenvalue weighted by Gasteiger charge is -2.27. The van der Waals surface area contributed by atoms with E-state index in [4.69, 9.17) is 4.74 Å². The van der Waals surface area contributed by atoms with Crippen molar-refractivity contribution in [3.63, 3.8) is 0 Å². The predicted molar refractivity (Wildman–Crippen MR) is 90.8 cm³/mol. The Morgan fingerprint density at radius 3 is 2.71 bits per heavy atom. The highest BCUT2D eigenvalue weighted by molar-refractivity contribution is 7.11. The minimum Gasteiger partial charge on any atom is -0.377 e. The number of hydrogen-bond acceptors (Lipinski definition) is 4. The van der Waals surface area contributed by atoms with Crippen LogP contribution in [0.2, 0.25) is 0 Å². The van der Waals surface area contributed by atoms with Crippen LogP contribution >= 0.6 is 11.3 Å². The molecule has 120 valence electrons. The molecule has 1 saturated heterocycles. The summed E-state index contributed by atoms with van der Waals surface area (Å²) in [6.45, 7) is 10.6. The third-order valence-electron chi connectivity index (χ3n) is 3.73. The first-order valence-electron chi connectivity index (χ1n) is 8.05. The van der Waals surface area contributed by atoms with Gasteiger partial charge >= 0.3 is 0 Å². The highest BCUT2D eigenvalue weighted by Gasteiger charge is 2.16. The number of nitrogens with one attached hydrogen (secondary N) is 1. The van der Waals surface area contributed by atoms with Gasteiger partial charge in [-0.25, -0.2) is 0 Å². The summed E-state index contributed by atoms with van der Waals surface area (Å²) >= 11 is 1.92. The van der Waals surface area contributed by atoms with Crippen molar-refractivity contribution in [3.8, 4) is 0 Å². The van der Waals surface area contributed by atoms with Gasteiger partial charge in [0.25, 0.3) is 0 Å². The first-order valence-corrected chi connectivity index (χ1v) is 8.87. The Labute approximate surface area is 133 Å². The van der Waals surface area contributed by atoms with Crippen molar-refractivity contribution in [2.75, 3.05) is 20.2 Å². The summed E-state index contributed by atoms with van der Waals surface area (Å²) in [5.41, 5.74) is 0.180. The van der Waals surface area contributed by atoms with Crippen LogP contribution in [0.4, 0.5) is 0 Å². The number of nitrogens with zero attached hydrogens (tertiary/aromatic N) is 1. The van der Waals surface area contributed by atoms with E-state index in [1.807, 2.05) is 11.3 Å². The SMILES string of the molecule is CN(Cc1ccc(CNC(C)(C)C)s1)CC1CCCCO1. The Kier molecular flexibility index (Phi) is 6.23. The molecule has 3 nitrogen and oxygen atoms in total. The van der Waals surface area contributed by atoms with Crippen LogP contribution in [0.25, 0.3) is 0 Å². The van der Waals surface area contributed by atoms with Gasteiger partial charge in [-0.1, -0.05) is 0 Å². The van der Waals surface area contributed by atoms with Crippen LogP contribution in [0.5, 0.6) is 0 Å². The summed E-state index contributed by atoms with van der Waals surface area (Å²) in [7, 11) is 2.20. The molecule has 2 heterocycles. The Morgan fingerprint density at radius 1 is 1.29 bits per heavy atom. The minimum absolute atomic E-state index is 0.180. The standard InChI is InChI=1S/C17H30N2OS/c1-17(2,3)18-11-15-8-9-16(21-15)13-19(4)12-14-7-5-6-10-20-14/h8-9,14,18H,5-7,10-13H2,1-4H3. The molecule has 1 aliphatic heterocycles. The fraction of sp³-hybridized carbons (Fsp3) is 0.765. The monoisotopic (exact) mass is 310 g/mol. The van der Waals surface area contributed by atoms with E-state index in [0.29, 0.717) is 6.10 Å². The maximum absolute atomic E-state index is 5.82. The molecule has 0 amide bonds. The number of likely N-dealkylation sites (N-methyl/N-ethyl adjacent to an activating group) is 1. The van der Waals surface area contributed by atoms with Crippen LogP contribution in [0, 0.1) is 0 Å². The molecule has 1 fully saturated rings. The normalized spacial score (nSPS) is 20.1. The summed E-state index contributed by atoms with van der Waals surface area (Å²) in [4.78, 5) is 5.25. The lowest BCUT2D eigenvalue weighted by Crippen LogP contribution is -2.34. The fourth-order valence-corrected chi connectivity index (χ4v) is 3.62. The highest BCUT2D eigenvalue weighted by atomic mass is 32.1. The molecule has 1 aromatic heterocycles. The maximum Gasteiger partial charge on any atom is 0.0702 e. The van der Waals surface area contributed by atoms with Gasteiger partial charge < -0.3 is 10.1 Å². The van der Waals surface area contributed by atoms with Gasteiger partial charge in [0.15, 0.2) is 0 Å². The van der Waals surface area contributed by atoms with Crippen molar-refractivity contribution in [1.82, 2.24) is 10.2 Å². The van der Waals surface area contributed by atoms with Gasteiger partial charge in [0, 0.05) is 41.5 Å². The van der Waals surface area contributed by atoms with Crippen LogP contribution < -0.4 is 5.32 Å². The smallest absolute Gasteiger partial charge is 0.0702 e. The Bertz CT molecular complexity index is 419. The average Bonchev–Trinajstić information content (AvgIpc) is 2.84. The van der Waals surface area contributed by atoms with Gasteiger partial charge in [-0.2, -0.15) is 0 Å². The molecule has 1 aliphatic rings. The molecule has 1 N–H and O–H groups in total. The molecule has 1 aromatic rings. The van der Waals surface area contributed by atoms with E-state index in [-0.39, 0.29) is 5.54 Å². The molecule has 1 atom stereocenters. The molecular weight excluding hydrogens is 280 g/mol. The van der Waals surface area contributed by atoms with Crippen LogP contribution in [-0.2, 0) is 17.8 Å². The molecule has 0 radical (unpaired) electrons. The summed E-state index contributed by atoms with van der Waals surface area (Å²) in [5, 5.41) is 3.55. The Balaban J connectivity index is 1.75. The average molecular weight is 311 g/mol. The summed E-state index contributed by atoms with van der Waals surface area (Å²) < 4.78 is 5.82. The van der Waals surface area contributed by atoms with Gasteiger partial charge in [0.1, 0.15) is 0 Å².